The van der Waals surface area contributed by atoms with E-state index in [-0.39, 0.29) is 5.56 Å². The Balaban J connectivity index is 1.74. The van der Waals surface area contributed by atoms with Crippen LogP contribution in [0.3, 0.4) is 0 Å². The van der Waals surface area contributed by atoms with Gasteiger partial charge in [-0.05, 0) is 34.7 Å². The number of hydrogen-bond donors (Lipinski definition) is 0. The molecule has 0 atom stereocenters. The molecule has 0 aliphatic heterocycles. The standard InChI is InChI=1S/C21H15N3OS2/c1-13-22-19-20(27-13)18(17-10-5-11-26-17)23-24(21(19)25)12-15-8-4-7-14-6-2-3-9-16(14)15/h2-11H,12H2,1H3. The van der Waals surface area contributed by atoms with Gasteiger partial charge in [0.25, 0.3) is 5.56 Å². The minimum atomic E-state index is -0.136. The Bertz CT molecular complexity index is 1330. The Hall–Kier alpha value is -2.83. The van der Waals surface area contributed by atoms with Gasteiger partial charge in [-0.1, -0.05) is 48.5 Å². The van der Waals surface area contributed by atoms with Gasteiger partial charge in [-0.2, -0.15) is 5.10 Å². The van der Waals surface area contributed by atoms with Gasteiger partial charge in [-0.25, -0.2) is 9.67 Å². The summed E-state index contributed by atoms with van der Waals surface area (Å²) >= 11 is 3.15. The van der Waals surface area contributed by atoms with Gasteiger partial charge in [0, 0.05) is 0 Å². The molecular formula is C21H15N3OS2. The molecule has 3 aromatic heterocycles. The number of nitrogens with zero attached hydrogens (tertiary/aromatic N) is 3. The fourth-order valence-electron chi connectivity index (χ4n) is 3.34. The quantitative estimate of drug-likeness (QED) is 0.432. The summed E-state index contributed by atoms with van der Waals surface area (Å²) in [5.74, 6) is 0. The van der Waals surface area contributed by atoms with Crippen LogP contribution in [0.2, 0.25) is 0 Å². The van der Waals surface area contributed by atoms with E-state index in [1.54, 1.807) is 16.0 Å². The van der Waals surface area contributed by atoms with Gasteiger partial charge in [-0.15, -0.1) is 22.7 Å². The first-order valence-electron chi connectivity index (χ1n) is 8.59. The van der Waals surface area contributed by atoms with Gasteiger partial charge >= 0.3 is 0 Å². The van der Waals surface area contributed by atoms with Crippen molar-refractivity contribution in [2.45, 2.75) is 13.5 Å². The minimum absolute atomic E-state index is 0.136. The van der Waals surface area contributed by atoms with Crippen molar-refractivity contribution in [1.82, 2.24) is 14.8 Å². The lowest BCUT2D eigenvalue weighted by Gasteiger charge is -2.10. The van der Waals surface area contributed by atoms with Crippen molar-refractivity contribution in [1.29, 1.82) is 0 Å². The van der Waals surface area contributed by atoms with Crippen LogP contribution in [0.15, 0.2) is 64.8 Å². The number of aromatic nitrogens is 3. The number of benzene rings is 2. The topological polar surface area (TPSA) is 47.8 Å². The molecule has 4 nitrogen and oxygen atoms in total. The molecule has 132 valence electrons. The van der Waals surface area contributed by atoms with Gasteiger partial charge in [0.05, 0.1) is 21.1 Å². The van der Waals surface area contributed by atoms with Crippen molar-refractivity contribution < 1.29 is 0 Å². The molecule has 0 aliphatic carbocycles. The maximum absolute atomic E-state index is 13.1. The predicted octanol–water partition coefficient (Wildman–Crippen LogP) is 5.09. The maximum atomic E-state index is 13.1. The smallest absolute Gasteiger partial charge is 0.265 e. The first-order valence-corrected chi connectivity index (χ1v) is 10.3. The monoisotopic (exact) mass is 389 g/mol. The third-order valence-electron chi connectivity index (χ3n) is 4.56. The molecule has 3 heterocycles. The second kappa shape index (κ2) is 6.40. The van der Waals surface area contributed by atoms with Gasteiger partial charge in [0.1, 0.15) is 5.69 Å². The predicted molar refractivity (Wildman–Crippen MR) is 113 cm³/mol. The van der Waals surface area contributed by atoms with Crippen LogP contribution in [0.5, 0.6) is 0 Å². The highest BCUT2D eigenvalue weighted by atomic mass is 32.1. The zero-order valence-electron chi connectivity index (χ0n) is 14.5. The van der Waals surface area contributed by atoms with E-state index in [0.29, 0.717) is 12.1 Å². The lowest BCUT2D eigenvalue weighted by molar-refractivity contribution is 0.653. The highest BCUT2D eigenvalue weighted by molar-refractivity contribution is 7.20. The van der Waals surface area contributed by atoms with Crippen LogP contribution in [0.25, 0.3) is 31.6 Å². The molecule has 2 aromatic carbocycles. The van der Waals surface area contributed by atoms with E-state index in [2.05, 4.69) is 29.2 Å². The van der Waals surface area contributed by atoms with E-state index < -0.39 is 0 Å². The maximum Gasteiger partial charge on any atom is 0.294 e. The molecule has 6 heteroatoms. The molecule has 0 radical (unpaired) electrons. The van der Waals surface area contributed by atoms with E-state index in [9.17, 15) is 4.79 Å². The number of thiophene rings is 1. The van der Waals surface area contributed by atoms with Crippen molar-refractivity contribution in [3.8, 4) is 10.6 Å². The summed E-state index contributed by atoms with van der Waals surface area (Å²) in [6, 6.07) is 18.4. The number of hydrogen-bond acceptors (Lipinski definition) is 5. The second-order valence-corrected chi connectivity index (χ2v) is 8.49. The fourth-order valence-corrected chi connectivity index (χ4v) is 5.03. The summed E-state index contributed by atoms with van der Waals surface area (Å²) in [6.07, 6.45) is 0. The number of fused-ring (bicyclic) bond motifs is 2. The molecule has 0 saturated carbocycles. The van der Waals surface area contributed by atoms with Crippen molar-refractivity contribution in [2.75, 3.05) is 0 Å². The van der Waals surface area contributed by atoms with E-state index >= 15 is 0 Å². The van der Waals surface area contributed by atoms with Crippen LogP contribution >= 0.6 is 22.7 Å². The summed E-state index contributed by atoms with van der Waals surface area (Å²) in [5.41, 5.74) is 2.29. The van der Waals surface area contributed by atoms with Crippen molar-refractivity contribution in [3.63, 3.8) is 0 Å². The average Bonchev–Trinajstić information content (AvgIpc) is 3.34. The third kappa shape index (κ3) is 2.78. The molecule has 0 spiro atoms. The molecule has 0 fully saturated rings. The van der Waals surface area contributed by atoms with Crippen LogP contribution in [-0.4, -0.2) is 14.8 Å². The Morgan fingerprint density at radius 3 is 2.74 bits per heavy atom. The third-order valence-corrected chi connectivity index (χ3v) is 6.42. The summed E-state index contributed by atoms with van der Waals surface area (Å²) in [6.45, 7) is 2.35. The van der Waals surface area contributed by atoms with Crippen LogP contribution in [0, 0.1) is 6.92 Å². The van der Waals surface area contributed by atoms with Crippen molar-refractivity contribution in [3.05, 3.63) is 80.9 Å². The highest BCUT2D eigenvalue weighted by Gasteiger charge is 2.17. The largest absolute Gasteiger partial charge is 0.294 e. The molecule has 0 bridgehead atoms. The molecule has 0 amide bonds. The van der Waals surface area contributed by atoms with Crippen molar-refractivity contribution in [2.24, 2.45) is 0 Å². The molecule has 0 N–H and O–H groups in total. The molecule has 0 unspecified atom stereocenters. The second-order valence-electron chi connectivity index (χ2n) is 6.34. The first kappa shape index (κ1) is 16.4. The molecule has 27 heavy (non-hydrogen) atoms. The average molecular weight is 390 g/mol. The minimum Gasteiger partial charge on any atom is -0.265 e. The van der Waals surface area contributed by atoms with Crippen LogP contribution in [-0.2, 0) is 6.54 Å². The van der Waals surface area contributed by atoms with E-state index in [1.165, 1.54) is 11.3 Å². The number of thiazole rings is 1. The van der Waals surface area contributed by atoms with Crippen LogP contribution in [0.1, 0.15) is 10.6 Å². The van der Waals surface area contributed by atoms with Crippen molar-refractivity contribution >= 4 is 43.7 Å². The Morgan fingerprint density at radius 1 is 1.04 bits per heavy atom. The molecule has 5 rings (SSSR count). The molecule has 0 aliphatic rings. The van der Waals surface area contributed by atoms with Gasteiger partial charge in [-0.3, -0.25) is 4.79 Å². The van der Waals surface area contributed by atoms with Gasteiger partial charge in [0.15, 0.2) is 5.52 Å². The highest BCUT2D eigenvalue weighted by Crippen LogP contribution is 2.32. The van der Waals surface area contributed by atoms with E-state index in [1.807, 2.05) is 42.6 Å². The molecular weight excluding hydrogens is 374 g/mol. The van der Waals surface area contributed by atoms with E-state index in [4.69, 9.17) is 5.10 Å². The first-order chi connectivity index (χ1) is 13.2. The molecule has 0 saturated heterocycles. The number of rotatable bonds is 3. The lowest BCUT2D eigenvalue weighted by atomic mass is 10.0. The fraction of sp³-hybridized carbons (Fsp3) is 0.0952. The van der Waals surface area contributed by atoms with Gasteiger partial charge in [0.2, 0.25) is 0 Å². The normalized spacial score (nSPS) is 11.4. The number of aryl methyl sites for hydroxylation is 1. The van der Waals surface area contributed by atoms with Crippen LogP contribution in [0.4, 0.5) is 0 Å². The summed E-state index contributed by atoms with van der Waals surface area (Å²) in [4.78, 5) is 18.6. The summed E-state index contributed by atoms with van der Waals surface area (Å²) in [5, 5.41) is 9.95. The summed E-state index contributed by atoms with van der Waals surface area (Å²) < 4.78 is 2.42. The zero-order chi connectivity index (χ0) is 18.4. The summed E-state index contributed by atoms with van der Waals surface area (Å²) in [7, 11) is 0. The Kier molecular flexibility index (Phi) is 3.88. The lowest BCUT2D eigenvalue weighted by Crippen LogP contribution is -2.24. The molecule has 5 aromatic rings. The van der Waals surface area contributed by atoms with Crippen LogP contribution < -0.4 is 5.56 Å². The van der Waals surface area contributed by atoms with Gasteiger partial charge < -0.3 is 0 Å². The Labute approximate surface area is 163 Å². The Morgan fingerprint density at radius 2 is 1.89 bits per heavy atom. The zero-order valence-corrected chi connectivity index (χ0v) is 16.2. The SMILES string of the molecule is Cc1nc2c(=O)n(Cc3cccc4ccccc34)nc(-c3cccs3)c2s1. The van der Waals surface area contributed by atoms with E-state index in [0.717, 1.165) is 36.6 Å².